The summed E-state index contributed by atoms with van der Waals surface area (Å²) in [5.74, 6) is 2.45. The molecule has 11 aromatic carbocycles. The first kappa shape index (κ1) is 42.5. The first-order chi connectivity index (χ1) is 36.6. The third-order valence-electron chi connectivity index (χ3n) is 14.6. The first-order valence-electron chi connectivity index (χ1n) is 24.6. The smallest absolute Gasteiger partial charge is 0.148 e. The predicted molar refractivity (Wildman–Crippen MR) is 307 cm³/mol. The van der Waals surface area contributed by atoms with Gasteiger partial charge in [-0.15, -0.1) is 0 Å². The zero-order valence-electron chi connectivity index (χ0n) is 39.5. The summed E-state index contributed by atoms with van der Waals surface area (Å²) in [4.78, 5) is 0. The van der Waals surface area contributed by atoms with E-state index in [4.69, 9.17) is 32.7 Å². The maximum absolute atomic E-state index is 7.56. The highest BCUT2D eigenvalue weighted by Gasteiger charge is 2.23. The SMILES string of the molecule is Clc1c(Oc2cccc(-n3c4ccccc4c4ccccc43)c2)cccc1-n1c2ccccc2c2cc3c4ccccc4n(-c4cccc(Oc5cccc(-n6c7ccccc7c7ccccc76)c5)c4Cl)c3cc21. The third kappa shape index (κ3) is 6.45. The largest absolute Gasteiger partial charge is 0.456 e. The Kier molecular flexibility index (Phi) is 9.58. The maximum atomic E-state index is 7.56. The van der Waals surface area contributed by atoms with Gasteiger partial charge in [-0.1, -0.05) is 157 Å². The van der Waals surface area contributed by atoms with E-state index >= 15 is 0 Å². The van der Waals surface area contributed by atoms with Crippen molar-refractivity contribution in [3.63, 3.8) is 0 Å². The molecule has 350 valence electrons. The third-order valence-corrected chi connectivity index (χ3v) is 15.4. The minimum absolute atomic E-state index is 0.494. The predicted octanol–water partition coefficient (Wildman–Crippen LogP) is 19.0. The van der Waals surface area contributed by atoms with Crippen LogP contribution >= 0.6 is 23.2 Å². The van der Waals surface area contributed by atoms with E-state index in [1.54, 1.807) is 0 Å². The van der Waals surface area contributed by atoms with Crippen molar-refractivity contribution in [2.75, 3.05) is 0 Å². The Balaban J connectivity index is 0.844. The highest BCUT2D eigenvalue weighted by Crippen LogP contribution is 2.45. The van der Waals surface area contributed by atoms with E-state index in [0.717, 1.165) is 88.4 Å². The van der Waals surface area contributed by atoms with Crippen LogP contribution in [0.2, 0.25) is 10.0 Å². The van der Waals surface area contributed by atoms with Crippen LogP contribution in [0, 0.1) is 0 Å². The lowest BCUT2D eigenvalue weighted by Crippen LogP contribution is -1.99. The van der Waals surface area contributed by atoms with Crippen LogP contribution in [-0.2, 0) is 0 Å². The van der Waals surface area contributed by atoms with Crippen molar-refractivity contribution in [2.45, 2.75) is 0 Å². The van der Waals surface area contributed by atoms with E-state index in [-0.39, 0.29) is 0 Å². The lowest BCUT2D eigenvalue weighted by Gasteiger charge is -2.16. The van der Waals surface area contributed by atoms with Crippen molar-refractivity contribution in [3.8, 4) is 45.7 Å². The van der Waals surface area contributed by atoms with Gasteiger partial charge in [0.05, 0.1) is 55.5 Å². The molecule has 0 unspecified atom stereocenters. The van der Waals surface area contributed by atoms with Crippen molar-refractivity contribution in [1.29, 1.82) is 0 Å². The van der Waals surface area contributed by atoms with Gasteiger partial charge in [0.15, 0.2) is 0 Å². The fraction of sp³-hybridized carbons (Fsp3) is 0. The molecular formula is C66H40Cl2N4O2. The zero-order chi connectivity index (χ0) is 49.0. The van der Waals surface area contributed by atoms with Crippen LogP contribution < -0.4 is 9.47 Å². The van der Waals surface area contributed by atoms with Gasteiger partial charge in [-0.2, -0.15) is 0 Å². The number of benzene rings is 11. The number of nitrogens with zero attached hydrogens (tertiary/aromatic N) is 4. The summed E-state index contributed by atoms with van der Waals surface area (Å²) < 4.78 is 22.6. The molecule has 0 saturated heterocycles. The minimum Gasteiger partial charge on any atom is -0.456 e. The van der Waals surface area contributed by atoms with Gasteiger partial charge in [-0.25, -0.2) is 0 Å². The van der Waals surface area contributed by atoms with Crippen molar-refractivity contribution in [2.24, 2.45) is 0 Å². The van der Waals surface area contributed by atoms with Gasteiger partial charge in [0.1, 0.15) is 33.0 Å². The molecule has 4 aromatic heterocycles. The van der Waals surface area contributed by atoms with Crippen LogP contribution in [0.25, 0.3) is 110 Å². The number of para-hydroxylation sites is 6. The molecule has 0 aliphatic heterocycles. The first-order valence-corrected chi connectivity index (χ1v) is 25.4. The van der Waals surface area contributed by atoms with E-state index in [2.05, 4.69) is 212 Å². The van der Waals surface area contributed by atoms with E-state index in [0.29, 0.717) is 33.0 Å². The van der Waals surface area contributed by atoms with E-state index in [1.807, 2.05) is 48.5 Å². The standard InChI is InChI=1S/C66H40Cl2N4O2/c67-65-59(33-15-35-63(65)73-43-19-13-17-41(37-43)69-53-27-7-1-21-45(53)46-22-2-8-28-54(46)69)71-57-31-11-5-25-49(57)51-39-52-50-26-6-12-32-58(50)72(62(52)40-61(51)71)60-34-16-36-64(66(60)68)74-44-20-14-18-42(38-44)70-55-29-9-3-23-47(55)48-24-4-10-30-56(48)70/h1-40H. The van der Waals surface area contributed by atoms with E-state index in [9.17, 15) is 0 Å². The molecular weight excluding hydrogens is 952 g/mol. The molecule has 0 saturated carbocycles. The Labute approximate surface area is 434 Å². The van der Waals surface area contributed by atoms with Gasteiger partial charge in [0.2, 0.25) is 0 Å². The van der Waals surface area contributed by atoms with Gasteiger partial charge in [0.25, 0.3) is 0 Å². The fourth-order valence-corrected chi connectivity index (χ4v) is 12.0. The second-order valence-electron chi connectivity index (χ2n) is 18.7. The molecule has 0 spiro atoms. The Morgan fingerprint density at radius 3 is 0.919 bits per heavy atom. The number of halogens is 2. The molecule has 6 nitrogen and oxygen atoms in total. The van der Waals surface area contributed by atoms with Gasteiger partial charge in [0, 0.05) is 66.6 Å². The monoisotopic (exact) mass is 990 g/mol. The molecule has 0 radical (unpaired) electrons. The fourth-order valence-electron chi connectivity index (χ4n) is 11.5. The summed E-state index contributed by atoms with van der Waals surface area (Å²) in [5, 5.41) is 10.2. The molecule has 0 N–H and O–H groups in total. The molecule has 15 aromatic rings. The molecule has 0 aliphatic carbocycles. The molecule has 15 rings (SSSR count). The maximum Gasteiger partial charge on any atom is 0.148 e. The summed E-state index contributed by atoms with van der Waals surface area (Å²) in [5.41, 5.74) is 12.1. The summed E-state index contributed by atoms with van der Waals surface area (Å²) in [6, 6.07) is 84.0. The number of fused-ring (bicyclic) bond motifs is 12. The van der Waals surface area contributed by atoms with Crippen molar-refractivity contribution in [1.82, 2.24) is 18.3 Å². The average Bonchev–Trinajstić information content (AvgIpc) is 4.17. The number of rotatable bonds is 8. The number of hydrogen-bond acceptors (Lipinski definition) is 2. The molecule has 4 heterocycles. The van der Waals surface area contributed by atoms with Crippen LogP contribution in [0.3, 0.4) is 0 Å². The Bertz CT molecular complexity index is 4380. The Morgan fingerprint density at radius 2 is 0.554 bits per heavy atom. The van der Waals surface area contributed by atoms with Crippen LogP contribution in [0.4, 0.5) is 0 Å². The number of aromatic nitrogens is 4. The van der Waals surface area contributed by atoms with E-state index in [1.165, 1.54) is 21.5 Å². The Morgan fingerprint density at radius 1 is 0.243 bits per heavy atom. The number of ether oxygens (including phenoxy) is 2. The summed E-state index contributed by atoms with van der Waals surface area (Å²) >= 11 is 15.1. The second-order valence-corrected chi connectivity index (χ2v) is 19.5. The van der Waals surface area contributed by atoms with Crippen molar-refractivity contribution in [3.05, 3.63) is 253 Å². The highest BCUT2D eigenvalue weighted by atomic mass is 35.5. The zero-order valence-corrected chi connectivity index (χ0v) is 41.0. The average molecular weight is 992 g/mol. The minimum atomic E-state index is 0.494. The summed E-state index contributed by atoms with van der Waals surface area (Å²) in [6.45, 7) is 0. The highest BCUT2D eigenvalue weighted by molar-refractivity contribution is 6.35. The lowest BCUT2D eigenvalue weighted by molar-refractivity contribution is 0.482. The molecule has 0 fully saturated rings. The molecule has 0 aliphatic rings. The van der Waals surface area contributed by atoms with Crippen molar-refractivity contribution < 1.29 is 9.47 Å². The lowest BCUT2D eigenvalue weighted by atomic mass is 10.1. The van der Waals surface area contributed by atoms with Gasteiger partial charge in [-0.05, 0) is 97.1 Å². The van der Waals surface area contributed by atoms with E-state index < -0.39 is 0 Å². The van der Waals surface area contributed by atoms with Crippen LogP contribution in [0.1, 0.15) is 0 Å². The normalized spacial score (nSPS) is 11.9. The summed E-state index contributed by atoms with van der Waals surface area (Å²) in [7, 11) is 0. The van der Waals surface area contributed by atoms with Crippen LogP contribution in [0.15, 0.2) is 243 Å². The Hall–Kier alpha value is -9.20. The van der Waals surface area contributed by atoms with Gasteiger partial charge < -0.3 is 27.7 Å². The van der Waals surface area contributed by atoms with Gasteiger partial charge >= 0.3 is 0 Å². The van der Waals surface area contributed by atoms with Crippen LogP contribution in [0.5, 0.6) is 23.0 Å². The summed E-state index contributed by atoms with van der Waals surface area (Å²) in [6.07, 6.45) is 0. The molecule has 0 bridgehead atoms. The molecule has 8 heteroatoms. The second kappa shape index (κ2) is 16.7. The topological polar surface area (TPSA) is 38.2 Å². The van der Waals surface area contributed by atoms with Gasteiger partial charge in [-0.3, -0.25) is 0 Å². The molecule has 74 heavy (non-hydrogen) atoms. The molecule has 0 atom stereocenters. The van der Waals surface area contributed by atoms with Crippen LogP contribution in [-0.4, -0.2) is 18.3 Å². The quantitative estimate of drug-likeness (QED) is 0.152. The molecule has 0 amide bonds. The van der Waals surface area contributed by atoms with Crippen molar-refractivity contribution >= 4 is 110 Å². The number of hydrogen-bond donors (Lipinski definition) is 0.